The van der Waals surface area contributed by atoms with Crippen molar-refractivity contribution in [2.24, 2.45) is 17.6 Å². The highest BCUT2D eigenvalue weighted by Crippen LogP contribution is 2.08. The van der Waals surface area contributed by atoms with E-state index < -0.39 is 0 Å². The fraction of sp³-hybridized carbons (Fsp3) is 1.00. The topological polar surface area (TPSA) is 38.0 Å². The summed E-state index contributed by atoms with van der Waals surface area (Å²) in [6.07, 6.45) is 2.45. The van der Waals surface area contributed by atoms with Crippen LogP contribution in [0.4, 0.5) is 0 Å². The second-order valence-electron chi connectivity index (χ2n) is 3.94. The summed E-state index contributed by atoms with van der Waals surface area (Å²) >= 11 is 0. The maximum atomic E-state index is 5.66. The van der Waals surface area contributed by atoms with Crippen LogP contribution in [0.3, 0.4) is 0 Å². The number of hydrogen-bond acceptors (Lipinski definition) is 2. The van der Waals surface area contributed by atoms with Crippen molar-refractivity contribution in [3.63, 3.8) is 0 Å². The smallest absolute Gasteiger partial charge is 0.000836 e. The van der Waals surface area contributed by atoms with E-state index >= 15 is 0 Å². The Bertz CT molecular complexity index is 91.8. The zero-order chi connectivity index (χ0) is 9.40. The molecule has 0 amide bonds. The molecule has 0 fully saturated rings. The lowest BCUT2D eigenvalue weighted by atomic mass is 9.97. The molecule has 0 saturated heterocycles. The Balaban J connectivity index is 3.39. The molecule has 3 N–H and O–H groups in total. The highest BCUT2D eigenvalue weighted by molar-refractivity contribution is 4.64. The highest BCUT2D eigenvalue weighted by Gasteiger charge is 2.07. The molecule has 0 radical (unpaired) electrons. The zero-order valence-corrected chi connectivity index (χ0v) is 8.77. The minimum atomic E-state index is 0.663. The van der Waals surface area contributed by atoms with Gasteiger partial charge >= 0.3 is 0 Å². The fourth-order valence-electron chi connectivity index (χ4n) is 1.41. The summed E-state index contributed by atoms with van der Waals surface area (Å²) < 4.78 is 0. The maximum absolute atomic E-state index is 5.66. The molecule has 0 bridgehead atoms. The first kappa shape index (κ1) is 11.9. The van der Waals surface area contributed by atoms with Gasteiger partial charge in [-0.05, 0) is 44.3 Å². The predicted octanol–water partition coefficient (Wildman–Crippen LogP) is 1.61. The van der Waals surface area contributed by atoms with Gasteiger partial charge in [-0.25, -0.2) is 0 Å². The maximum Gasteiger partial charge on any atom is -0.000836 e. The molecule has 0 aliphatic rings. The molecule has 1 atom stereocenters. The summed E-state index contributed by atoms with van der Waals surface area (Å²) in [6, 6.07) is 0. The molecule has 12 heavy (non-hydrogen) atoms. The van der Waals surface area contributed by atoms with Crippen LogP contribution in [0.5, 0.6) is 0 Å². The van der Waals surface area contributed by atoms with Crippen LogP contribution in [0.2, 0.25) is 0 Å². The zero-order valence-electron chi connectivity index (χ0n) is 8.77. The van der Waals surface area contributed by atoms with Crippen molar-refractivity contribution < 1.29 is 0 Å². The van der Waals surface area contributed by atoms with Gasteiger partial charge in [0.1, 0.15) is 0 Å². The van der Waals surface area contributed by atoms with Gasteiger partial charge in [0.25, 0.3) is 0 Å². The second-order valence-corrected chi connectivity index (χ2v) is 3.94. The van der Waals surface area contributed by atoms with E-state index in [0.717, 1.165) is 25.6 Å². The fourth-order valence-corrected chi connectivity index (χ4v) is 1.41. The number of nitrogens with two attached hydrogens (primary N) is 1. The van der Waals surface area contributed by atoms with Crippen LogP contribution in [0.15, 0.2) is 0 Å². The van der Waals surface area contributed by atoms with Crippen molar-refractivity contribution in [2.45, 2.75) is 33.6 Å². The van der Waals surface area contributed by atoms with E-state index in [0.29, 0.717) is 5.92 Å². The van der Waals surface area contributed by atoms with E-state index in [1.807, 2.05) is 0 Å². The third-order valence-electron chi connectivity index (χ3n) is 2.00. The van der Waals surface area contributed by atoms with Gasteiger partial charge in [-0.2, -0.15) is 0 Å². The minimum Gasteiger partial charge on any atom is -0.330 e. The van der Waals surface area contributed by atoms with Crippen LogP contribution < -0.4 is 11.1 Å². The van der Waals surface area contributed by atoms with Crippen LogP contribution in [0.25, 0.3) is 0 Å². The van der Waals surface area contributed by atoms with Crippen LogP contribution >= 0.6 is 0 Å². The molecule has 0 aliphatic heterocycles. The molecule has 0 spiro atoms. The summed E-state index contributed by atoms with van der Waals surface area (Å²) in [4.78, 5) is 0. The summed E-state index contributed by atoms with van der Waals surface area (Å²) in [5.74, 6) is 1.43. The average Bonchev–Trinajstić information content (AvgIpc) is 2.02. The number of rotatable bonds is 7. The number of nitrogens with one attached hydrogen (secondary N) is 1. The molecular formula is C10H24N2. The summed E-state index contributed by atoms with van der Waals surface area (Å²) in [5, 5.41) is 3.41. The third-order valence-corrected chi connectivity index (χ3v) is 2.00. The summed E-state index contributed by atoms with van der Waals surface area (Å²) in [6.45, 7) is 9.71. The Labute approximate surface area is 76.9 Å². The average molecular weight is 172 g/mol. The standard InChI is InChI=1S/C10H24N2/c1-4-5-12-8-10(7-11)6-9(2)3/h9-10,12H,4-8,11H2,1-3H3. The molecule has 2 heteroatoms. The first-order valence-corrected chi connectivity index (χ1v) is 5.11. The SMILES string of the molecule is CCCNCC(CN)CC(C)C. The number of hydrogen-bond donors (Lipinski definition) is 2. The summed E-state index contributed by atoms with van der Waals surface area (Å²) in [7, 11) is 0. The van der Waals surface area contributed by atoms with Crippen LogP contribution in [-0.2, 0) is 0 Å². The van der Waals surface area contributed by atoms with Crippen molar-refractivity contribution in [2.75, 3.05) is 19.6 Å². The Kier molecular flexibility index (Phi) is 7.51. The molecule has 0 saturated carbocycles. The first-order chi connectivity index (χ1) is 5.70. The third kappa shape index (κ3) is 6.62. The van der Waals surface area contributed by atoms with Gasteiger partial charge < -0.3 is 11.1 Å². The molecule has 0 aromatic heterocycles. The molecule has 0 aromatic rings. The van der Waals surface area contributed by atoms with Gasteiger partial charge in [0, 0.05) is 0 Å². The quantitative estimate of drug-likeness (QED) is 0.573. The van der Waals surface area contributed by atoms with Crippen molar-refractivity contribution in [3.8, 4) is 0 Å². The van der Waals surface area contributed by atoms with Crippen LogP contribution in [0, 0.1) is 11.8 Å². The van der Waals surface area contributed by atoms with E-state index in [2.05, 4.69) is 26.1 Å². The van der Waals surface area contributed by atoms with Crippen molar-refractivity contribution in [1.29, 1.82) is 0 Å². The van der Waals surface area contributed by atoms with Gasteiger partial charge in [0.05, 0.1) is 0 Å². The van der Waals surface area contributed by atoms with Gasteiger partial charge in [-0.1, -0.05) is 20.8 Å². The predicted molar refractivity (Wildman–Crippen MR) is 55.2 cm³/mol. The van der Waals surface area contributed by atoms with E-state index in [-0.39, 0.29) is 0 Å². The van der Waals surface area contributed by atoms with Gasteiger partial charge in [0.2, 0.25) is 0 Å². The van der Waals surface area contributed by atoms with E-state index in [9.17, 15) is 0 Å². The molecule has 0 rings (SSSR count). The van der Waals surface area contributed by atoms with Gasteiger partial charge in [0.15, 0.2) is 0 Å². The molecule has 74 valence electrons. The molecule has 0 heterocycles. The van der Waals surface area contributed by atoms with Crippen molar-refractivity contribution in [1.82, 2.24) is 5.32 Å². The van der Waals surface area contributed by atoms with E-state index in [1.54, 1.807) is 0 Å². The molecule has 0 aromatic carbocycles. The van der Waals surface area contributed by atoms with Crippen LogP contribution in [0.1, 0.15) is 33.6 Å². The monoisotopic (exact) mass is 172 g/mol. The van der Waals surface area contributed by atoms with Crippen molar-refractivity contribution >= 4 is 0 Å². The Hall–Kier alpha value is -0.0800. The Morgan fingerprint density at radius 3 is 2.42 bits per heavy atom. The van der Waals surface area contributed by atoms with E-state index in [4.69, 9.17) is 5.73 Å². The van der Waals surface area contributed by atoms with Gasteiger partial charge in [-0.15, -0.1) is 0 Å². The summed E-state index contributed by atoms with van der Waals surface area (Å²) in [5.41, 5.74) is 5.66. The normalized spacial score (nSPS) is 13.8. The lowest BCUT2D eigenvalue weighted by Gasteiger charge is -2.17. The lowest BCUT2D eigenvalue weighted by molar-refractivity contribution is 0.395. The van der Waals surface area contributed by atoms with Gasteiger partial charge in [-0.3, -0.25) is 0 Å². The second kappa shape index (κ2) is 7.56. The Morgan fingerprint density at radius 1 is 1.33 bits per heavy atom. The largest absolute Gasteiger partial charge is 0.330 e. The molecule has 1 unspecified atom stereocenters. The molecule has 0 aliphatic carbocycles. The van der Waals surface area contributed by atoms with Crippen LogP contribution in [-0.4, -0.2) is 19.6 Å². The first-order valence-electron chi connectivity index (χ1n) is 5.11. The lowest BCUT2D eigenvalue weighted by Crippen LogP contribution is -2.29. The highest BCUT2D eigenvalue weighted by atomic mass is 14.9. The molecule has 2 nitrogen and oxygen atoms in total. The van der Waals surface area contributed by atoms with Crippen molar-refractivity contribution in [3.05, 3.63) is 0 Å². The minimum absolute atomic E-state index is 0.663. The molecular weight excluding hydrogens is 148 g/mol. The van der Waals surface area contributed by atoms with E-state index in [1.165, 1.54) is 12.8 Å². The Morgan fingerprint density at radius 2 is 2.00 bits per heavy atom.